The van der Waals surface area contributed by atoms with Crippen molar-refractivity contribution in [2.75, 3.05) is 23.3 Å². The van der Waals surface area contributed by atoms with Crippen LogP contribution in [0, 0.1) is 18.7 Å². The number of aryl methyl sites for hydroxylation is 1. The van der Waals surface area contributed by atoms with Crippen LogP contribution in [-0.4, -0.2) is 24.0 Å². The maximum Gasteiger partial charge on any atom is 0.258 e. The van der Waals surface area contributed by atoms with E-state index in [4.69, 9.17) is 4.98 Å². The molecule has 1 amide bonds. The van der Waals surface area contributed by atoms with Crippen molar-refractivity contribution in [3.8, 4) is 0 Å². The quantitative estimate of drug-likeness (QED) is 0.685. The molecule has 0 unspecified atom stereocenters. The summed E-state index contributed by atoms with van der Waals surface area (Å²) in [5, 5.41) is 3.77. The van der Waals surface area contributed by atoms with Gasteiger partial charge in [0.25, 0.3) is 5.91 Å². The third-order valence-electron chi connectivity index (χ3n) is 5.49. The molecular weight excluding hydrogens is 353 g/mol. The van der Waals surface area contributed by atoms with Gasteiger partial charge in [0.1, 0.15) is 11.6 Å². The molecule has 0 bridgehead atoms. The van der Waals surface area contributed by atoms with Crippen LogP contribution in [0.5, 0.6) is 0 Å². The summed E-state index contributed by atoms with van der Waals surface area (Å²) >= 11 is 0. The maximum absolute atomic E-state index is 13.8. The van der Waals surface area contributed by atoms with Crippen molar-refractivity contribution in [1.29, 1.82) is 0 Å². The van der Waals surface area contributed by atoms with Gasteiger partial charge in [-0.3, -0.25) is 4.79 Å². The number of pyridine rings is 1. The number of fused-ring (bicyclic) bond motifs is 1. The van der Waals surface area contributed by atoms with Crippen molar-refractivity contribution in [2.45, 2.75) is 26.7 Å². The van der Waals surface area contributed by atoms with Gasteiger partial charge in [-0.25, -0.2) is 9.37 Å². The van der Waals surface area contributed by atoms with Crippen molar-refractivity contribution in [1.82, 2.24) is 4.98 Å². The zero-order valence-electron chi connectivity index (χ0n) is 16.2. The van der Waals surface area contributed by atoms with Crippen LogP contribution in [0.15, 0.2) is 48.5 Å². The number of aromatic nitrogens is 1. The summed E-state index contributed by atoms with van der Waals surface area (Å²) in [6.07, 6.45) is 2.39. The Morgan fingerprint density at radius 2 is 1.89 bits per heavy atom. The molecule has 0 saturated carbocycles. The number of anilines is 2. The Morgan fingerprint density at radius 3 is 2.64 bits per heavy atom. The van der Waals surface area contributed by atoms with Gasteiger partial charge in [-0.05, 0) is 67.6 Å². The lowest BCUT2D eigenvalue weighted by Crippen LogP contribution is -2.33. The summed E-state index contributed by atoms with van der Waals surface area (Å²) in [5.41, 5.74) is 2.68. The largest absolute Gasteiger partial charge is 0.357 e. The second-order valence-corrected chi connectivity index (χ2v) is 7.63. The summed E-state index contributed by atoms with van der Waals surface area (Å²) in [6, 6.07) is 13.7. The van der Waals surface area contributed by atoms with Crippen LogP contribution >= 0.6 is 0 Å². The van der Waals surface area contributed by atoms with E-state index in [1.807, 2.05) is 18.2 Å². The number of benzene rings is 2. The van der Waals surface area contributed by atoms with E-state index in [2.05, 4.69) is 30.1 Å². The number of nitrogens with one attached hydrogen (secondary N) is 1. The van der Waals surface area contributed by atoms with E-state index in [9.17, 15) is 9.18 Å². The summed E-state index contributed by atoms with van der Waals surface area (Å²) < 4.78 is 13.8. The fourth-order valence-corrected chi connectivity index (χ4v) is 3.70. The van der Waals surface area contributed by atoms with Crippen LogP contribution in [0.2, 0.25) is 0 Å². The van der Waals surface area contributed by atoms with Crippen LogP contribution in [-0.2, 0) is 0 Å². The monoisotopic (exact) mass is 377 g/mol. The number of nitrogens with zero attached hydrogens (tertiary/aromatic N) is 2. The smallest absolute Gasteiger partial charge is 0.258 e. The molecule has 1 saturated heterocycles. The number of piperidine rings is 1. The predicted octanol–water partition coefficient (Wildman–Crippen LogP) is 5.17. The second-order valence-electron chi connectivity index (χ2n) is 7.63. The van der Waals surface area contributed by atoms with Crippen LogP contribution in [0.3, 0.4) is 0 Å². The lowest BCUT2D eigenvalue weighted by Gasteiger charge is -2.31. The number of hydrogen-bond donors (Lipinski definition) is 1. The molecule has 0 atom stereocenters. The van der Waals surface area contributed by atoms with Crippen molar-refractivity contribution < 1.29 is 9.18 Å². The molecule has 2 heterocycles. The molecule has 5 heteroatoms. The Labute approximate surface area is 164 Å². The Bertz CT molecular complexity index is 1030. The predicted molar refractivity (Wildman–Crippen MR) is 111 cm³/mol. The minimum Gasteiger partial charge on any atom is -0.357 e. The molecule has 28 heavy (non-hydrogen) atoms. The van der Waals surface area contributed by atoms with Gasteiger partial charge in [0, 0.05) is 24.2 Å². The fourth-order valence-electron chi connectivity index (χ4n) is 3.70. The van der Waals surface area contributed by atoms with Gasteiger partial charge in [0.2, 0.25) is 0 Å². The van der Waals surface area contributed by atoms with E-state index in [0.29, 0.717) is 5.69 Å². The first-order valence-electron chi connectivity index (χ1n) is 9.73. The molecule has 4 nitrogen and oxygen atoms in total. The minimum atomic E-state index is -0.529. The van der Waals surface area contributed by atoms with Crippen molar-refractivity contribution >= 4 is 28.3 Å². The van der Waals surface area contributed by atoms with Crippen LogP contribution < -0.4 is 10.2 Å². The van der Waals surface area contributed by atoms with E-state index < -0.39 is 11.7 Å². The Balaban J connectivity index is 1.59. The lowest BCUT2D eigenvalue weighted by molar-refractivity contribution is 0.102. The van der Waals surface area contributed by atoms with Gasteiger partial charge >= 0.3 is 0 Å². The van der Waals surface area contributed by atoms with Crippen molar-refractivity contribution in [3.05, 3.63) is 65.5 Å². The standard InChI is InChI=1S/C23H24FN3O/c1-15-9-11-27(12-10-15)22-13-16(2)19-14-17(7-8-21(19)26-22)25-23(28)18-5-3-4-6-20(18)24/h3-8,13-15H,9-12H2,1-2H3,(H,25,28). The number of carbonyl (C=O) groups is 1. The zero-order valence-corrected chi connectivity index (χ0v) is 16.2. The lowest BCUT2D eigenvalue weighted by atomic mass is 9.99. The summed E-state index contributed by atoms with van der Waals surface area (Å²) in [7, 11) is 0. The number of rotatable bonds is 3. The van der Waals surface area contributed by atoms with Crippen LogP contribution in [0.25, 0.3) is 10.9 Å². The molecule has 4 rings (SSSR count). The Kier molecular flexibility index (Phi) is 4.99. The number of hydrogen-bond acceptors (Lipinski definition) is 3. The first-order valence-corrected chi connectivity index (χ1v) is 9.73. The third kappa shape index (κ3) is 3.70. The molecule has 3 aromatic rings. The third-order valence-corrected chi connectivity index (χ3v) is 5.49. The highest BCUT2D eigenvalue weighted by atomic mass is 19.1. The average Bonchev–Trinajstić information content (AvgIpc) is 2.69. The topological polar surface area (TPSA) is 45.2 Å². The molecule has 0 aliphatic carbocycles. The highest BCUT2D eigenvalue weighted by molar-refractivity contribution is 6.05. The number of amides is 1. The zero-order chi connectivity index (χ0) is 19.7. The van der Waals surface area contributed by atoms with E-state index in [0.717, 1.165) is 41.3 Å². The summed E-state index contributed by atoms with van der Waals surface area (Å²) in [6.45, 7) is 6.43. The maximum atomic E-state index is 13.8. The van der Waals surface area contributed by atoms with Crippen LogP contribution in [0.1, 0.15) is 35.7 Å². The molecule has 2 aromatic carbocycles. The van der Waals surface area contributed by atoms with Gasteiger partial charge in [-0.1, -0.05) is 19.1 Å². The highest BCUT2D eigenvalue weighted by Gasteiger charge is 2.18. The fraction of sp³-hybridized carbons (Fsp3) is 0.304. The molecule has 1 N–H and O–H groups in total. The highest BCUT2D eigenvalue weighted by Crippen LogP contribution is 2.28. The molecule has 144 valence electrons. The van der Waals surface area contributed by atoms with Crippen LogP contribution in [0.4, 0.5) is 15.9 Å². The van der Waals surface area contributed by atoms with Gasteiger partial charge in [0.05, 0.1) is 11.1 Å². The number of halogens is 1. The minimum absolute atomic E-state index is 0.0344. The molecule has 1 aromatic heterocycles. The molecule has 0 spiro atoms. The summed E-state index contributed by atoms with van der Waals surface area (Å²) in [4.78, 5) is 19.5. The second kappa shape index (κ2) is 7.58. The van der Waals surface area contributed by atoms with E-state index in [1.165, 1.54) is 25.0 Å². The average molecular weight is 377 g/mol. The molecule has 1 aliphatic rings. The Hall–Kier alpha value is -2.95. The van der Waals surface area contributed by atoms with Crippen molar-refractivity contribution in [3.63, 3.8) is 0 Å². The Morgan fingerprint density at radius 1 is 1.14 bits per heavy atom. The first-order chi connectivity index (χ1) is 13.5. The van der Waals surface area contributed by atoms with Gasteiger partial charge in [0.15, 0.2) is 0 Å². The molecule has 1 aliphatic heterocycles. The normalized spacial score (nSPS) is 15.0. The SMILES string of the molecule is Cc1cc(N2CCC(C)CC2)nc2ccc(NC(=O)c3ccccc3F)cc12. The number of carbonyl (C=O) groups excluding carboxylic acids is 1. The van der Waals surface area contributed by atoms with E-state index >= 15 is 0 Å². The first kappa shape index (κ1) is 18.4. The van der Waals surface area contributed by atoms with Gasteiger partial charge in [-0.15, -0.1) is 0 Å². The van der Waals surface area contributed by atoms with E-state index in [1.54, 1.807) is 12.1 Å². The van der Waals surface area contributed by atoms with Crippen molar-refractivity contribution in [2.24, 2.45) is 5.92 Å². The summed E-state index contributed by atoms with van der Waals surface area (Å²) in [5.74, 6) is 0.805. The van der Waals surface area contributed by atoms with E-state index in [-0.39, 0.29) is 5.56 Å². The molecule has 0 radical (unpaired) electrons. The van der Waals surface area contributed by atoms with Gasteiger partial charge in [-0.2, -0.15) is 0 Å². The molecular formula is C23H24FN3O. The molecule has 1 fully saturated rings. The van der Waals surface area contributed by atoms with Gasteiger partial charge < -0.3 is 10.2 Å².